The van der Waals surface area contributed by atoms with E-state index in [1.165, 1.54) is 38.4 Å². The number of hydrogen-bond donors (Lipinski definition) is 1. The minimum atomic E-state index is -0.800. The van der Waals surface area contributed by atoms with E-state index in [-0.39, 0.29) is 16.7 Å². The first kappa shape index (κ1) is 19.4. The molecule has 2 aromatic carbocycles. The van der Waals surface area contributed by atoms with E-state index in [9.17, 15) is 19.2 Å². The first-order valence-corrected chi connectivity index (χ1v) is 8.46. The van der Waals surface area contributed by atoms with Crippen molar-refractivity contribution in [2.75, 3.05) is 26.1 Å². The molecule has 28 heavy (non-hydrogen) atoms. The number of nitrogens with zero attached hydrogens (tertiary/aromatic N) is 1. The van der Waals surface area contributed by atoms with Crippen molar-refractivity contribution in [3.8, 4) is 5.75 Å². The molecule has 1 aliphatic heterocycles. The second kappa shape index (κ2) is 7.69. The van der Waals surface area contributed by atoms with Gasteiger partial charge in [0, 0.05) is 12.1 Å². The molecular formula is C19H15ClN2O6. The Kier molecular flexibility index (Phi) is 5.32. The van der Waals surface area contributed by atoms with Gasteiger partial charge in [0.05, 0.1) is 29.5 Å². The Hall–Kier alpha value is -3.39. The van der Waals surface area contributed by atoms with Crippen LogP contribution in [0.25, 0.3) is 0 Å². The fraction of sp³-hybridized carbons (Fsp3) is 0.158. The molecule has 2 aromatic rings. The Bertz CT molecular complexity index is 1000. The fourth-order valence-electron chi connectivity index (χ4n) is 2.67. The van der Waals surface area contributed by atoms with Crippen molar-refractivity contribution in [1.82, 2.24) is 4.90 Å². The highest BCUT2D eigenvalue weighted by molar-refractivity contribution is 6.31. The summed E-state index contributed by atoms with van der Waals surface area (Å²) in [7, 11) is 2.80. The quantitative estimate of drug-likeness (QED) is 0.608. The molecule has 1 heterocycles. The maximum absolute atomic E-state index is 12.2. The van der Waals surface area contributed by atoms with Gasteiger partial charge in [0.2, 0.25) is 0 Å². The molecule has 3 amide bonds. The van der Waals surface area contributed by atoms with Gasteiger partial charge in [-0.1, -0.05) is 11.6 Å². The van der Waals surface area contributed by atoms with Crippen molar-refractivity contribution in [3.05, 3.63) is 58.1 Å². The predicted molar refractivity (Wildman–Crippen MR) is 99.8 cm³/mol. The number of carbonyl (C=O) groups excluding carboxylic acids is 4. The second-order valence-electron chi connectivity index (χ2n) is 5.90. The van der Waals surface area contributed by atoms with Crippen molar-refractivity contribution in [3.63, 3.8) is 0 Å². The maximum atomic E-state index is 12.2. The third-order valence-electron chi connectivity index (χ3n) is 4.10. The molecule has 0 aliphatic carbocycles. The van der Waals surface area contributed by atoms with Crippen LogP contribution in [0.4, 0.5) is 5.69 Å². The van der Waals surface area contributed by atoms with Crippen LogP contribution in [0.5, 0.6) is 5.75 Å². The fourth-order valence-corrected chi connectivity index (χ4v) is 2.84. The number of ether oxygens (including phenoxy) is 2. The molecular weight excluding hydrogens is 388 g/mol. The number of benzene rings is 2. The standard InChI is InChI=1S/C19H15ClN2O6/c1-22-17(24)12-5-3-10(7-13(12)18(22)25)19(26)28-9-16(23)21-14-8-11(20)4-6-15(14)27-2/h3-8H,9H2,1-2H3,(H,21,23). The first-order valence-electron chi connectivity index (χ1n) is 8.08. The van der Waals surface area contributed by atoms with E-state index in [0.29, 0.717) is 16.5 Å². The number of imide groups is 1. The average molecular weight is 403 g/mol. The van der Waals surface area contributed by atoms with Crippen molar-refractivity contribution >= 4 is 41.0 Å². The van der Waals surface area contributed by atoms with E-state index in [4.69, 9.17) is 21.1 Å². The number of esters is 1. The zero-order valence-electron chi connectivity index (χ0n) is 14.9. The molecule has 1 aliphatic rings. The van der Waals surface area contributed by atoms with Gasteiger partial charge in [-0.15, -0.1) is 0 Å². The van der Waals surface area contributed by atoms with Crippen LogP contribution in [0.1, 0.15) is 31.1 Å². The molecule has 0 saturated heterocycles. The second-order valence-corrected chi connectivity index (χ2v) is 6.34. The number of carbonyl (C=O) groups is 4. The molecule has 9 heteroatoms. The molecule has 0 fully saturated rings. The molecule has 144 valence electrons. The summed E-state index contributed by atoms with van der Waals surface area (Å²) < 4.78 is 10.1. The van der Waals surface area contributed by atoms with Crippen LogP contribution in [0.15, 0.2) is 36.4 Å². The molecule has 3 rings (SSSR count). The summed E-state index contributed by atoms with van der Waals surface area (Å²) in [4.78, 5) is 49.1. The topological polar surface area (TPSA) is 102 Å². The van der Waals surface area contributed by atoms with Crippen LogP contribution < -0.4 is 10.1 Å². The van der Waals surface area contributed by atoms with E-state index in [1.807, 2.05) is 0 Å². The highest BCUT2D eigenvalue weighted by atomic mass is 35.5. The summed E-state index contributed by atoms with van der Waals surface area (Å²) in [6.45, 7) is -0.557. The van der Waals surface area contributed by atoms with Gasteiger partial charge >= 0.3 is 5.97 Å². The van der Waals surface area contributed by atoms with Gasteiger partial charge in [0.25, 0.3) is 17.7 Å². The zero-order valence-corrected chi connectivity index (χ0v) is 15.7. The molecule has 0 bridgehead atoms. The lowest BCUT2D eigenvalue weighted by Crippen LogP contribution is -2.24. The molecule has 0 spiro atoms. The van der Waals surface area contributed by atoms with Crippen LogP contribution in [0, 0.1) is 0 Å². The van der Waals surface area contributed by atoms with E-state index in [2.05, 4.69) is 5.32 Å². The number of amides is 3. The highest BCUT2D eigenvalue weighted by Crippen LogP contribution is 2.27. The number of nitrogens with one attached hydrogen (secondary N) is 1. The average Bonchev–Trinajstić information content (AvgIpc) is 2.90. The number of rotatable bonds is 5. The third-order valence-corrected chi connectivity index (χ3v) is 4.33. The van der Waals surface area contributed by atoms with Crippen molar-refractivity contribution < 1.29 is 28.7 Å². The number of fused-ring (bicyclic) bond motifs is 1. The van der Waals surface area contributed by atoms with Crippen molar-refractivity contribution in [2.24, 2.45) is 0 Å². The largest absolute Gasteiger partial charge is 0.495 e. The Morgan fingerprint density at radius 1 is 1.07 bits per heavy atom. The van der Waals surface area contributed by atoms with Gasteiger partial charge in [0.15, 0.2) is 6.61 Å². The minimum absolute atomic E-state index is 0.0586. The Morgan fingerprint density at radius 3 is 2.50 bits per heavy atom. The van der Waals surface area contributed by atoms with Gasteiger partial charge < -0.3 is 14.8 Å². The Labute approximate surface area is 165 Å². The molecule has 0 radical (unpaired) electrons. The monoisotopic (exact) mass is 402 g/mol. The summed E-state index contributed by atoms with van der Waals surface area (Å²) in [6.07, 6.45) is 0. The molecule has 0 saturated carbocycles. The van der Waals surface area contributed by atoms with Gasteiger partial charge in [-0.2, -0.15) is 0 Å². The van der Waals surface area contributed by atoms with Crippen molar-refractivity contribution in [1.29, 1.82) is 0 Å². The van der Waals surface area contributed by atoms with Crippen LogP contribution in [0.2, 0.25) is 5.02 Å². The molecule has 1 N–H and O–H groups in total. The summed E-state index contributed by atoms with van der Waals surface area (Å²) in [6, 6.07) is 8.71. The zero-order chi connectivity index (χ0) is 20.4. The normalized spacial score (nSPS) is 12.6. The van der Waals surface area contributed by atoms with Gasteiger partial charge in [-0.3, -0.25) is 19.3 Å². The van der Waals surface area contributed by atoms with Gasteiger partial charge in [-0.25, -0.2) is 4.79 Å². The number of methoxy groups -OCH3 is 1. The van der Waals surface area contributed by atoms with Crippen LogP contribution >= 0.6 is 11.6 Å². The highest BCUT2D eigenvalue weighted by Gasteiger charge is 2.33. The lowest BCUT2D eigenvalue weighted by atomic mass is 10.1. The van der Waals surface area contributed by atoms with E-state index >= 15 is 0 Å². The lowest BCUT2D eigenvalue weighted by Gasteiger charge is -2.11. The summed E-state index contributed by atoms with van der Waals surface area (Å²) in [5.74, 6) is -1.93. The first-order chi connectivity index (χ1) is 13.3. The van der Waals surface area contributed by atoms with Gasteiger partial charge in [0.1, 0.15) is 5.75 Å². The lowest BCUT2D eigenvalue weighted by molar-refractivity contribution is -0.119. The van der Waals surface area contributed by atoms with E-state index < -0.39 is 30.3 Å². The van der Waals surface area contributed by atoms with Crippen molar-refractivity contribution in [2.45, 2.75) is 0 Å². The number of halogens is 1. The molecule has 0 aromatic heterocycles. The SMILES string of the molecule is COc1ccc(Cl)cc1NC(=O)COC(=O)c1ccc2c(c1)C(=O)N(C)C2=O. The molecule has 0 unspecified atom stereocenters. The Morgan fingerprint density at radius 2 is 1.79 bits per heavy atom. The Balaban J connectivity index is 1.65. The van der Waals surface area contributed by atoms with E-state index in [0.717, 1.165) is 4.90 Å². The predicted octanol–water partition coefficient (Wildman–Crippen LogP) is 2.37. The maximum Gasteiger partial charge on any atom is 0.338 e. The number of anilines is 1. The van der Waals surface area contributed by atoms with Crippen LogP contribution in [-0.4, -0.2) is 49.4 Å². The van der Waals surface area contributed by atoms with Crippen LogP contribution in [-0.2, 0) is 9.53 Å². The number of hydrogen-bond acceptors (Lipinski definition) is 6. The van der Waals surface area contributed by atoms with Crippen LogP contribution in [0.3, 0.4) is 0 Å². The van der Waals surface area contributed by atoms with Gasteiger partial charge in [-0.05, 0) is 36.4 Å². The summed E-state index contributed by atoms with van der Waals surface area (Å²) >= 11 is 5.90. The summed E-state index contributed by atoms with van der Waals surface area (Å²) in [5, 5.41) is 2.94. The summed E-state index contributed by atoms with van der Waals surface area (Å²) in [5.41, 5.74) is 0.731. The third kappa shape index (κ3) is 3.67. The molecule has 8 nitrogen and oxygen atoms in total. The smallest absolute Gasteiger partial charge is 0.338 e. The molecule has 0 atom stereocenters. The van der Waals surface area contributed by atoms with E-state index in [1.54, 1.807) is 12.1 Å². The minimum Gasteiger partial charge on any atom is -0.495 e.